The summed E-state index contributed by atoms with van der Waals surface area (Å²) in [6.07, 6.45) is 0. The molecule has 0 bridgehead atoms. The first-order valence-electron chi connectivity index (χ1n) is 5.69. The van der Waals surface area contributed by atoms with Crippen molar-refractivity contribution in [1.82, 2.24) is 0 Å². The van der Waals surface area contributed by atoms with Crippen LogP contribution in [-0.4, -0.2) is 5.11 Å². The lowest BCUT2D eigenvalue weighted by Crippen LogP contribution is -2.03. The molecule has 3 N–H and O–H groups in total. The van der Waals surface area contributed by atoms with Gasteiger partial charge in [0.25, 0.3) is 0 Å². The molecule has 3 nitrogen and oxygen atoms in total. The van der Waals surface area contributed by atoms with E-state index in [1.54, 1.807) is 12.1 Å². The third-order valence-electron chi connectivity index (χ3n) is 2.61. The van der Waals surface area contributed by atoms with E-state index < -0.39 is 17.4 Å². The third-order valence-corrected chi connectivity index (χ3v) is 2.61. The van der Waals surface area contributed by atoms with Gasteiger partial charge in [-0.25, -0.2) is 8.78 Å². The van der Waals surface area contributed by atoms with E-state index >= 15 is 0 Å². The topological polar surface area (TPSA) is 55.5 Å². The van der Waals surface area contributed by atoms with E-state index in [0.717, 1.165) is 12.1 Å². The fourth-order valence-corrected chi connectivity index (χ4v) is 1.62. The first kappa shape index (κ1) is 13.3. The summed E-state index contributed by atoms with van der Waals surface area (Å²) in [6.45, 7) is 0.0716. The number of halogens is 2. The third kappa shape index (κ3) is 3.20. The Bertz CT molecular complexity index is 547. The lowest BCUT2D eigenvalue weighted by Gasteiger charge is -2.09. The minimum Gasteiger partial charge on any atom is -0.508 e. The van der Waals surface area contributed by atoms with Crippen molar-refractivity contribution in [2.75, 3.05) is 0 Å². The Morgan fingerprint density at radius 2 is 1.58 bits per heavy atom. The van der Waals surface area contributed by atoms with Gasteiger partial charge in [-0.1, -0.05) is 12.1 Å². The molecule has 0 aliphatic rings. The molecule has 0 saturated carbocycles. The Labute approximate surface area is 109 Å². The van der Waals surface area contributed by atoms with Crippen molar-refractivity contribution < 1.29 is 18.6 Å². The monoisotopic (exact) mass is 265 g/mol. The number of hydrogen-bond donors (Lipinski definition) is 2. The molecule has 5 heteroatoms. The van der Waals surface area contributed by atoms with Crippen molar-refractivity contribution >= 4 is 0 Å². The number of aromatic hydroxyl groups is 1. The van der Waals surface area contributed by atoms with Gasteiger partial charge < -0.3 is 15.6 Å². The highest BCUT2D eigenvalue weighted by Crippen LogP contribution is 2.24. The van der Waals surface area contributed by atoms with Crippen LogP contribution in [0.1, 0.15) is 11.1 Å². The van der Waals surface area contributed by atoms with E-state index in [-0.39, 0.29) is 18.9 Å². The number of hydrogen-bond acceptors (Lipinski definition) is 3. The van der Waals surface area contributed by atoms with Gasteiger partial charge in [0.1, 0.15) is 12.4 Å². The summed E-state index contributed by atoms with van der Waals surface area (Å²) >= 11 is 0. The quantitative estimate of drug-likeness (QED) is 0.893. The number of ether oxygens (including phenoxy) is 1. The molecule has 2 aromatic carbocycles. The highest BCUT2D eigenvalue weighted by molar-refractivity contribution is 5.32. The minimum absolute atomic E-state index is 0.0100. The second-order valence-electron chi connectivity index (χ2n) is 4.05. The molecule has 2 aromatic rings. The lowest BCUT2D eigenvalue weighted by atomic mass is 10.2. The molecule has 0 aliphatic heterocycles. The van der Waals surface area contributed by atoms with Crippen molar-refractivity contribution in [2.45, 2.75) is 13.2 Å². The Morgan fingerprint density at radius 1 is 1.00 bits per heavy atom. The molecule has 0 saturated heterocycles. The number of nitrogens with two attached hydrogens (primary N) is 1. The van der Waals surface area contributed by atoms with Crippen LogP contribution in [-0.2, 0) is 13.2 Å². The summed E-state index contributed by atoms with van der Waals surface area (Å²) in [5.74, 6) is -1.86. The van der Waals surface area contributed by atoms with Crippen LogP contribution in [0.15, 0.2) is 36.4 Å². The smallest absolute Gasteiger partial charge is 0.191 e. The van der Waals surface area contributed by atoms with Crippen LogP contribution in [0.2, 0.25) is 0 Å². The van der Waals surface area contributed by atoms with Crippen LogP contribution in [0.25, 0.3) is 0 Å². The number of benzene rings is 2. The maximum atomic E-state index is 13.6. The summed E-state index contributed by atoms with van der Waals surface area (Å²) in [4.78, 5) is 0. The van der Waals surface area contributed by atoms with Gasteiger partial charge in [0, 0.05) is 6.54 Å². The minimum atomic E-state index is -0.778. The Morgan fingerprint density at radius 3 is 2.11 bits per heavy atom. The van der Waals surface area contributed by atoms with Crippen LogP contribution in [0.3, 0.4) is 0 Å². The van der Waals surface area contributed by atoms with Gasteiger partial charge >= 0.3 is 0 Å². The number of rotatable bonds is 4. The summed E-state index contributed by atoms with van der Waals surface area (Å²) in [5, 5.41) is 9.12. The maximum absolute atomic E-state index is 13.6. The summed E-state index contributed by atoms with van der Waals surface area (Å²) in [7, 11) is 0. The standard InChI is InChI=1S/C14H13F2NO2/c15-12-5-10(7-17)6-13(16)14(12)19-8-9-1-3-11(18)4-2-9/h1-6,18H,7-8,17H2. The van der Waals surface area contributed by atoms with E-state index in [4.69, 9.17) is 15.6 Å². The molecule has 0 atom stereocenters. The van der Waals surface area contributed by atoms with Gasteiger partial charge in [0.05, 0.1) is 0 Å². The second kappa shape index (κ2) is 5.67. The molecule has 0 fully saturated rings. The molecule has 0 aromatic heterocycles. The van der Waals surface area contributed by atoms with Gasteiger partial charge in [0.15, 0.2) is 17.4 Å². The van der Waals surface area contributed by atoms with E-state index in [2.05, 4.69) is 0 Å². The Balaban J connectivity index is 2.13. The van der Waals surface area contributed by atoms with Crippen LogP contribution in [0, 0.1) is 11.6 Å². The molecule has 2 rings (SSSR count). The molecule has 0 amide bonds. The van der Waals surface area contributed by atoms with Crippen molar-refractivity contribution in [3.05, 3.63) is 59.2 Å². The van der Waals surface area contributed by atoms with E-state index in [0.29, 0.717) is 11.1 Å². The zero-order valence-corrected chi connectivity index (χ0v) is 10.1. The second-order valence-corrected chi connectivity index (χ2v) is 4.05. The first-order valence-corrected chi connectivity index (χ1v) is 5.69. The van der Waals surface area contributed by atoms with Gasteiger partial charge in [-0.05, 0) is 35.4 Å². The summed E-state index contributed by atoms with van der Waals surface area (Å²) in [6, 6.07) is 8.47. The SMILES string of the molecule is NCc1cc(F)c(OCc2ccc(O)cc2)c(F)c1. The Kier molecular flexibility index (Phi) is 3.97. The summed E-state index contributed by atoms with van der Waals surface area (Å²) in [5.41, 5.74) is 6.38. The van der Waals surface area contributed by atoms with Crippen molar-refractivity contribution in [3.63, 3.8) is 0 Å². The summed E-state index contributed by atoms with van der Waals surface area (Å²) < 4.78 is 32.3. The van der Waals surface area contributed by atoms with Gasteiger partial charge in [-0.2, -0.15) is 0 Å². The average Bonchev–Trinajstić information content (AvgIpc) is 2.39. The van der Waals surface area contributed by atoms with E-state index in [9.17, 15) is 8.78 Å². The van der Waals surface area contributed by atoms with E-state index in [1.807, 2.05) is 0 Å². The normalized spacial score (nSPS) is 10.5. The first-order chi connectivity index (χ1) is 9.10. The molecule has 0 radical (unpaired) electrons. The number of phenols is 1. The van der Waals surface area contributed by atoms with Crippen molar-refractivity contribution in [1.29, 1.82) is 0 Å². The van der Waals surface area contributed by atoms with Crippen molar-refractivity contribution in [3.8, 4) is 11.5 Å². The zero-order chi connectivity index (χ0) is 13.8. The van der Waals surface area contributed by atoms with Crippen molar-refractivity contribution in [2.24, 2.45) is 5.73 Å². The maximum Gasteiger partial charge on any atom is 0.191 e. The molecular weight excluding hydrogens is 252 g/mol. The fourth-order valence-electron chi connectivity index (χ4n) is 1.62. The lowest BCUT2D eigenvalue weighted by molar-refractivity contribution is 0.273. The molecule has 0 heterocycles. The average molecular weight is 265 g/mol. The highest BCUT2D eigenvalue weighted by atomic mass is 19.1. The van der Waals surface area contributed by atoms with Crippen LogP contribution >= 0.6 is 0 Å². The molecule has 19 heavy (non-hydrogen) atoms. The highest BCUT2D eigenvalue weighted by Gasteiger charge is 2.12. The molecule has 0 aliphatic carbocycles. The van der Waals surface area contributed by atoms with Gasteiger partial charge in [0.2, 0.25) is 0 Å². The predicted molar refractivity (Wildman–Crippen MR) is 66.7 cm³/mol. The van der Waals surface area contributed by atoms with Crippen LogP contribution < -0.4 is 10.5 Å². The number of phenolic OH excluding ortho intramolecular Hbond substituents is 1. The van der Waals surface area contributed by atoms with Gasteiger partial charge in [-0.3, -0.25) is 0 Å². The molecular formula is C14H13F2NO2. The van der Waals surface area contributed by atoms with Gasteiger partial charge in [-0.15, -0.1) is 0 Å². The predicted octanol–water partition coefficient (Wildman–Crippen LogP) is 2.71. The van der Waals surface area contributed by atoms with Crippen LogP contribution in [0.5, 0.6) is 11.5 Å². The Hall–Kier alpha value is -2.14. The molecule has 0 spiro atoms. The zero-order valence-electron chi connectivity index (χ0n) is 10.1. The van der Waals surface area contributed by atoms with Crippen LogP contribution in [0.4, 0.5) is 8.78 Å². The largest absolute Gasteiger partial charge is 0.508 e. The molecule has 100 valence electrons. The fraction of sp³-hybridized carbons (Fsp3) is 0.143. The molecule has 0 unspecified atom stereocenters. The van der Waals surface area contributed by atoms with E-state index in [1.165, 1.54) is 12.1 Å².